The zero-order valence-electron chi connectivity index (χ0n) is 7.56. The molecule has 0 saturated carbocycles. The Labute approximate surface area is 80.3 Å². The average Bonchev–Trinajstić information content (AvgIpc) is 2.19. The molecule has 0 aliphatic heterocycles. The molecule has 74 valence electrons. The van der Waals surface area contributed by atoms with Crippen molar-refractivity contribution in [2.24, 2.45) is 0 Å². The van der Waals surface area contributed by atoms with Gasteiger partial charge in [0.05, 0.1) is 7.11 Å². The summed E-state index contributed by atoms with van der Waals surface area (Å²) in [5.74, 6) is -0.759. The predicted molar refractivity (Wildman–Crippen MR) is 47.3 cm³/mol. The van der Waals surface area contributed by atoms with Crippen molar-refractivity contribution >= 4 is 17.7 Å². The van der Waals surface area contributed by atoms with Crippen LogP contribution >= 0.6 is 0 Å². The van der Waals surface area contributed by atoms with Gasteiger partial charge in [0.25, 0.3) is 0 Å². The van der Waals surface area contributed by atoms with Crippen molar-refractivity contribution in [3.63, 3.8) is 0 Å². The van der Waals surface area contributed by atoms with Gasteiger partial charge in [-0.1, -0.05) is 0 Å². The smallest absolute Gasteiger partial charge is 0.315 e. The van der Waals surface area contributed by atoms with Crippen LogP contribution in [0.15, 0.2) is 18.3 Å². The van der Waals surface area contributed by atoms with Gasteiger partial charge in [-0.15, -0.1) is 5.10 Å². The van der Waals surface area contributed by atoms with E-state index in [-0.39, 0.29) is 6.42 Å². The number of amides is 1. The molecule has 6 nitrogen and oxygen atoms in total. The van der Waals surface area contributed by atoms with E-state index in [9.17, 15) is 9.59 Å². The summed E-state index contributed by atoms with van der Waals surface area (Å²) in [5.41, 5.74) is 0. The first-order valence-electron chi connectivity index (χ1n) is 3.86. The number of nitrogens with zero attached hydrogens (tertiary/aromatic N) is 2. The Hall–Kier alpha value is -1.98. The van der Waals surface area contributed by atoms with Gasteiger partial charge in [-0.05, 0) is 12.1 Å². The third-order valence-corrected chi connectivity index (χ3v) is 1.37. The molecule has 0 spiro atoms. The fourth-order valence-electron chi connectivity index (χ4n) is 0.759. The van der Waals surface area contributed by atoms with Crippen LogP contribution in [-0.4, -0.2) is 29.2 Å². The highest BCUT2D eigenvalue weighted by Gasteiger charge is 2.09. The number of carbonyl (C=O) groups excluding carboxylic acids is 2. The summed E-state index contributed by atoms with van der Waals surface area (Å²) in [6.07, 6.45) is 1.16. The molecule has 1 N–H and O–H groups in total. The molecule has 0 radical (unpaired) electrons. The number of methoxy groups -OCH3 is 1. The van der Waals surface area contributed by atoms with Crippen molar-refractivity contribution in [3.05, 3.63) is 18.3 Å². The number of anilines is 1. The number of carbonyl (C=O) groups is 2. The van der Waals surface area contributed by atoms with E-state index >= 15 is 0 Å². The van der Waals surface area contributed by atoms with E-state index in [1.165, 1.54) is 13.3 Å². The Kier molecular flexibility index (Phi) is 3.54. The highest BCUT2D eigenvalue weighted by atomic mass is 16.5. The number of esters is 1. The molecular weight excluding hydrogens is 186 g/mol. The normalized spacial score (nSPS) is 9.21. The van der Waals surface area contributed by atoms with Crippen LogP contribution in [0.3, 0.4) is 0 Å². The molecule has 1 rings (SSSR count). The molecule has 0 aliphatic rings. The Morgan fingerprint density at radius 2 is 2.36 bits per heavy atom. The molecule has 0 atom stereocenters. The fourth-order valence-corrected chi connectivity index (χ4v) is 0.759. The second-order valence-corrected chi connectivity index (χ2v) is 2.41. The van der Waals surface area contributed by atoms with Gasteiger partial charge in [0.15, 0.2) is 5.82 Å². The lowest BCUT2D eigenvalue weighted by atomic mass is 10.4. The second-order valence-electron chi connectivity index (χ2n) is 2.41. The molecule has 1 heterocycles. The van der Waals surface area contributed by atoms with Gasteiger partial charge >= 0.3 is 5.97 Å². The fraction of sp³-hybridized carbons (Fsp3) is 0.250. The SMILES string of the molecule is COC(=O)CC(=O)Nc1cccnn1. The van der Waals surface area contributed by atoms with Crippen LogP contribution in [0.25, 0.3) is 0 Å². The van der Waals surface area contributed by atoms with Gasteiger partial charge in [0.1, 0.15) is 6.42 Å². The Balaban J connectivity index is 2.46. The van der Waals surface area contributed by atoms with E-state index in [0.717, 1.165) is 0 Å². The second kappa shape index (κ2) is 4.90. The summed E-state index contributed by atoms with van der Waals surface area (Å²) in [6.45, 7) is 0. The molecule has 0 aliphatic carbocycles. The van der Waals surface area contributed by atoms with Gasteiger partial charge in [0.2, 0.25) is 5.91 Å². The van der Waals surface area contributed by atoms with Crippen molar-refractivity contribution in [3.8, 4) is 0 Å². The quantitative estimate of drug-likeness (QED) is 0.541. The Morgan fingerprint density at radius 3 is 2.93 bits per heavy atom. The minimum absolute atomic E-state index is 0.307. The van der Waals surface area contributed by atoms with Gasteiger partial charge in [-0.3, -0.25) is 9.59 Å². The number of nitrogens with one attached hydrogen (secondary N) is 1. The molecule has 1 aromatic rings. The maximum absolute atomic E-state index is 11.1. The zero-order chi connectivity index (χ0) is 10.4. The first kappa shape index (κ1) is 10.1. The largest absolute Gasteiger partial charge is 0.469 e. The number of rotatable bonds is 3. The number of aromatic nitrogens is 2. The predicted octanol–water partition coefficient (Wildman–Crippen LogP) is -0.0218. The van der Waals surface area contributed by atoms with Gasteiger partial charge in [-0.25, -0.2) is 0 Å². The number of ether oxygens (including phenoxy) is 1. The number of hydrogen-bond donors (Lipinski definition) is 1. The van der Waals surface area contributed by atoms with Crippen LogP contribution in [-0.2, 0) is 14.3 Å². The first-order valence-corrected chi connectivity index (χ1v) is 3.86. The molecular formula is C8H9N3O3. The van der Waals surface area contributed by atoms with E-state index in [1.54, 1.807) is 12.1 Å². The lowest BCUT2D eigenvalue weighted by Crippen LogP contribution is -2.17. The lowest BCUT2D eigenvalue weighted by molar-refractivity contribution is -0.142. The molecule has 0 aromatic carbocycles. The van der Waals surface area contributed by atoms with E-state index in [2.05, 4.69) is 20.3 Å². The maximum atomic E-state index is 11.1. The van der Waals surface area contributed by atoms with Crippen LogP contribution < -0.4 is 5.32 Å². The Morgan fingerprint density at radius 1 is 1.57 bits per heavy atom. The summed E-state index contributed by atoms with van der Waals surface area (Å²) >= 11 is 0. The van der Waals surface area contributed by atoms with Crippen molar-refractivity contribution in [2.45, 2.75) is 6.42 Å². The molecule has 1 amide bonds. The van der Waals surface area contributed by atoms with Crippen molar-refractivity contribution in [1.82, 2.24) is 10.2 Å². The van der Waals surface area contributed by atoms with E-state index < -0.39 is 11.9 Å². The summed E-state index contributed by atoms with van der Waals surface area (Å²) < 4.78 is 4.32. The van der Waals surface area contributed by atoms with E-state index in [0.29, 0.717) is 5.82 Å². The van der Waals surface area contributed by atoms with Gasteiger partial charge in [0, 0.05) is 6.20 Å². The third kappa shape index (κ3) is 3.18. The van der Waals surface area contributed by atoms with Gasteiger partial charge in [-0.2, -0.15) is 5.10 Å². The van der Waals surface area contributed by atoms with Crippen molar-refractivity contribution in [1.29, 1.82) is 0 Å². The summed E-state index contributed by atoms with van der Waals surface area (Å²) in [5, 5.41) is 9.57. The van der Waals surface area contributed by atoms with Crippen LogP contribution in [0.2, 0.25) is 0 Å². The first-order chi connectivity index (χ1) is 6.72. The van der Waals surface area contributed by atoms with Crippen LogP contribution in [0.5, 0.6) is 0 Å². The van der Waals surface area contributed by atoms with Gasteiger partial charge < -0.3 is 10.1 Å². The van der Waals surface area contributed by atoms with Crippen molar-refractivity contribution < 1.29 is 14.3 Å². The van der Waals surface area contributed by atoms with E-state index in [4.69, 9.17) is 0 Å². The third-order valence-electron chi connectivity index (χ3n) is 1.37. The number of hydrogen-bond acceptors (Lipinski definition) is 5. The van der Waals surface area contributed by atoms with E-state index in [1.807, 2.05) is 0 Å². The molecule has 0 saturated heterocycles. The molecule has 0 fully saturated rings. The molecule has 0 bridgehead atoms. The standard InChI is InChI=1S/C8H9N3O3/c1-14-8(13)5-7(12)10-6-3-2-4-9-11-6/h2-4H,5H2,1H3,(H,10,11,12). The minimum atomic E-state index is -0.591. The minimum Gasteiger partial charge on any atom is -0.469 e. The summed E-state index contributed by atoms with van der Waals surface area (Å²) in [4.78, 5) is 21.8. The van der Waals surface area contributed by atoms with Crippen LogP contribution in [0.1, 0.15) is 6.42 Å². The summed E-state index contributed by atoms with van der Waals surface area (Å²) in [7, 11) is 1.22. The average molecular weight is 195 g/mol. The molecule has 6 heteroatoms. The molecule has 0 unspecified atom stereocenters. The highest BCUT2D eigenvalue weighted by molar-refractivity contribution is 6.01. The monoisotopic (exact) mass is 195 g/mol. The topological polar surface area (TPSA) is 81.2 Å². The van der Waals surface area contributed by atoms with Crippen LogP contribution in [0, 0.1) is 0 Å². The Bertz CT molecular complexity index is 326. The summed E-state index contributed by atoms with van der Waals surface area (Å²) in [6, 6.07) is 3.20. The van der Waals surface area contributed by atoms with Crippen LogP contribution in [0.4, 0.5) is 5.82 Å². The molecule has 1 aromatic heterocycles. The highest BCUT2D eigenvalue weighted by Crippen LogP contribution is 1.98. The maximum Gasteiger partial charge on any atom is 0.315 e. The lowest BCUT2D eigenvalue weighted by Gasteiger charge is -2.01. The molecule has 14 heavy (non-hydrogen) atoms. The zero-order valence-corrected chi connectivity index (χ0v) is 7.56. The van der Waals surface area contributed by atoms with Crippen molar-refractivity contribution in [2.75, 3.05) is 12.4 Å².